The molecule has 0 fully saturated rings. The number of carboxylic acids is 1. The quantitative estimate of drug-likeness (QED) is 0.551. The van der Waals surface area contributed by atoms with Gasteiger partial charge in [0, 0.05) is 6.42 Å². The molecule has 0 aromatic carbocycles. The summed E-state index contributed by atoms with van der Waals surface area (Å²) in [4.78, 5) is 10.1. The second-order valence-corrected chi connectivity index (χ2v) is 3.27. The SMILES string of the molecule is CCCCCCCCCC(=O)O.[SnH2]. The second-order valence-electron chi connectivity index (χ2n) is 3.27. The fraction of sp³-hybridized carbons (Fsp3) is 0.900. The van der Waals surface area contributed by atoms with Crippen LogP contribution in [-0.4, -0.2) is 35.0 Å². The first-order valence-corrected chi connectivity index (χ1v) is 4.99. The normalized spacial score (nSPS) is 9.31. The van der Waals surface area contributed by atoms with E-state index in [0.717, 1.165) is 12.8 Å². The summed E-state index contributed by atoms with van der Waals surface area (Å²) in [6, 6.07) is 0. The maximum atomic E-state index is 10.1. The van der Waals surface area contributed by atoms with E-state index in [2.05, 4.69) is 6.92 Å². The summed E-state index contributed by atoms with van der Waals surface area (Å²) < 4.78 is 0. The van der Waals surface area contributed by atoms with Gasteiger partial charge in [-0.1, -0.05) is 45.4 Å². The van der Waals surface area contributed by atoms with Gasteiger partial charge in [0.25, 0.3) is 0 Å². The van der Waals surface area contributed by atoms with Crippen LogP contribution in [0.4, 0.5) is 0 Å². The van der Waals surface area contributed by atoms with Crippen LogP contribution >= 0.6 is 0 Å². The van der Waals surface area contributed by atoms with Crippen molar-refractivity contribution in [3.8, 4) is 0 Å². The Morgan fingerprint density at radius 1 is 1.00 bits per heavy atom. The third-order valence-corrected chi connectivity index (χ3v) is 1.99. The molecule has 0 spiro atoms. The molecular formula is C10H22O2Sn. The standard InChI is InChI=1S/C10H20O2.Sn.2H/c1-2-3-4-5-6-7-8-9-10(11)12;;;/h2-9H2,1H3,(H,11,12);;;. The molecule has 0 amide bonds. The summed E-state index contributed by atoms with van der Waals surface area (Å²) in [5, 5.41) is 8.35. The van der Waals surface area contributed by atoms with Crippen molar-refractivity contribution in [3.05, 3.63) is 0 Å². The third-order valence-electron chi connectivity index (χ3n) is 1.99. The molecule has 2 radical (unpaired) electrons. The van der Waals surface area contributed by atoms with Gasteiger partial charge in [0.15, 0.2) is 0 Å². The van der Waals surface area contributed by atoms with Gasteiger partial charge in [0.05, 0.1) is 0 Å². The minimum atomic E-state index is -0.663. The van der Waals surface area contributed by atoms with Gasteiger partial charge in [-0.15, -0.1) is 0 Å². The average molecular weight is 293 g/mol. The first kappa shape index (κ1) is 15.7. The van der Waals surface area contributed by atoms with E-state index in [1.807, 2.05) is 0 Å². The molecular weight excluding hydrogens is 271 g/mol. The molecule has 1 N–H and O–H groups in total. The van der Waals surface area contributed by atoms with Crippen molar-refractivity contribution < 1.29 is 9.90 Å². The molecule has 0 heterocycles. The van der Waals surface area contributed by atoms with Crippen LogP contribution in [0, 0.1) is 0 Å². The molecule has 0 saturated carbocycles. The van der Waals surface area contributed by atoms with Gasteiger partial charge in [-0.2, -0.15) is 0 Å². The summed E-state index contributed by atoms with van der Waals surface area (Å²) in [5.41, 5.74) is 0. The summed E-state index contributed by atoms with van der Waals surface area (Å²) in [6.07, 6.45) is 8.64. The first-order valence-electron chi connectivity index (χ1n) is 4.99. The topological polar surface area (TPSA) is 37.3 Å². The molecule has 0 aliphatic heterocycles. The molecule has 0 saturated heterocycles. The predicted octanol–water partition coefficient (Wildman–Crippen LogP) is 2.30. The van der Waals surface area contributed by atoms with Gasteiger partial charge in [-0.25, -0.2) is 0 Å². The summed E-state index contributed by atoms with van der Waals surface area (Å²) in [5.74, 6) is -0.663. The molecule has 3 heteroatoms. The Balaban J connectivity index is 0. The third kappa shape index (κ3) is 15.1. The van der Waals surface area contributed by atoms with E-state index in [0.29, 0.717) is 6.42 Å². The van der Waals surface area contributed by atoms with Crippen LogP contribution in [0.15, 0.2) is 0 Å². The second kappa shape index (κ2) is 12.3. The number of hydrogen-bond acceptors (Lipinski definition) is 1. The van der Waals surface area contributed by atoms with Crippen LogP contribution in [0.1, 0.15) is 58.3 Å². The number of carboxylic acid groups (broad SMARTS) is 1. The Bertz CT molecular complexity index is 115. The van der Waals surface area contributed by atoms with Crippen LogP contribution in [0.3, 0.4) is 0 Å². The molecule has 0 bridgehead atoms. The molecule has 0 aromatic heterocycles. The van der Waals surface area contributed by atoms with Gasteiger partial charge in [0.1, 0.15) is 0 Å². The summed E-state index contributed by atoms with van der Waals surface area (Å²) in [7, 11) is 0. The van der Waals surface area contributed by atoms with Crippen LogP contribution in [0.2, 0.25) is 0 Å². The first-order chi connectivity index (χ1) is 5.77. The van der Waals surface area contributed by atoms with E-state index in [-0.39, 0.29) is 23.9 Å². The fourth-order valence-electron chi connectivity index (χ4n) is 1.23. The Morgan fingerprint density at radius 3 is 1.92 bits per heavy atom. The number of unbranched alkanes of at least 4 members (excludes halogenated alkanes) is 6. The van der Waals surface area contributed by atoms with Crippen LogP contribution in [-0.2, 0) is 4.79 Å². The van der Waals surface area contributed by atoms with E-state index in [1.165, 1.54) is 32.1 Å². The molecule has 0 rings (SSSR count). The van der Waals surface area contributed by atoms with Crippen molar-refractivity contribution in [3.63, 3.8) is 0 Å². The van der Waals surface area contributed by atoms with E-state index in [9.17, 15) is 4.79 Å². The fourth-order valence-corrected chi connectivity index (χ4v) is 1.23. The number of aliphatic carboxylic acids is 1. The average Bonchev–Trinajstić information content (AvgIpc) is 2.02. The van der Waals surface area contributed by atoms with E-state index < -0.39 is 5.97 Å². The zero-order valence-electron chi connectivity index (χ0n) is 8.72. The number of rotatable bonds is 8. The molecule has 13 heavy (non-hydrogen) atoms. The monoisotopic (exact) mass is 294 g/mol. The number of hydrogen-bond donors (Lipinski definition) is 1. The van der Waals surface area contributed by atoms with Gasteiger partial charge >= 0.3 is 29.9 Å². The molecule has 0 aliphatic carbocycles. The van der Waals surface area contributed by atoms with E-state index in [4.69, 9.17) is 5.11 Å². The summed E-state index contributed by atoms with van der Waals surface area (Å²) in [6.45, 7) is 2.20. The summed E-state index contributed by atoms with van der Waals surface area (Å²) >= 11 is 0. The maximum absolute atomic E-state index is 10.1. The van der Waals surface area contributed by atoms with E-state index >= 15 is 0 Å². The van der Waals surface area contributed by atoms with Crippen LogP contribution < -0.4 is 0 Å². The Hall–Kier alpha value is 0.269. The Labute approximate surface area is 98.1 Å². The van der Waals surface area contributed by atoms with Crippen LogP contribution in [0.25, 0.3) is 0 Å². The molecule has 0 unspecified atom stereocenters. The van der Waals surface area contributed by atoms with Crippen molar-refractivity contribution in [2.24, 2.45) is 0 Å². The molecule has 2 nitrogen and oxygen atoms in total. The molecule has 0 atom stereocenters. The van der Waals surface area contributed by atoms with Gasteiger partial charge in [-0.3, -0.25) is 4.79 Å². The zero-order chi connectivity index (χ0) is 9.23. The van der Waals surface area contributed by atoms with Crippen molar-refractivity contribution in [2.45, 2.75) is 58.3 Å². The van der Waals surface area contributed by atoms with Crippen molar-refractivity contribution in [2.75, 3.05) is 0 Å². The Morgan fingerprint density at radius 2 is 1.46 bits per heavy atom. The van der Waals surface area contributed by atoms with Gasteiger partial charge in [0.2, 0.25) is 0 Å². The van der Waals surface area contributed by atoms with Gasteiger partial charge in [-0.05, 0) is 6.42 Å². The predicted molar refractivity (Wildman–Crippen MR) is 58.8 cm³/mol. The van der Waals surface area contributed by atoms with Crippen molar-refractivity contribution in [1.82, 2.24) is 0 Å². The van der Waals surface area contributed by atoms with E-state index in [1.54, 1.807) is 0 Å². The van der Waals surface area contributed by atoms with Crippen molar-refractivity contribution in [1.29, 1.82) is 0 Å². The minimum absolute atomic E-state index is 0. The van der Waals surface area contributed by atoms with Crippen molar-refractivity contribution >= 4 is 29.9 Å². The molecule has 78 valence electrons. The zero-order valence-corrected chi connectivity index (χ0v) is 12.8. The van der Waals surface area contributed by atoms with Crippen LogP contribution in [0.5, 0.6) is 0 Å². The molecule has 0 aromatic rings. The molecule has 0 aliphatic rings. The number of carbonyl (C=O) groups is 1. The Kier molecular flexibility index (Phi) is 14.8. The van der Waals surface area contributed by atoms with Gasteiger partial charge < -0.3 is 5.11 Å².